The Hall–Kier alpha value is -3.94. The van der Waals surface area contributed by atoms with Crippen LogP contribution in [0.2, 0.25) is 0 Å². The zero-order valence-electron chi connectivity index (χ0n) is 18.6. The van der Waals surface area contributed by atoms with Gasteiger partial charge < -0.3 is 15.2 Å². The number of hydrogen-bond donors (Lipinski definition) is 2. The number of aromatic nitrogens is 3. The van der Waals surface area contributed by atoms with E-state index in [0.717, 1.165) is 44.2 Å². The molecule has 14 heteroatoms. The van der Waals surface area contributed by atoms with Gasteiger partial charge >= 0.3 is 12.5 Å². The number of carbonyl (C=O) groups is 1. The van der Waals surface area contributed by atoms with E-state index in [1.54, 1.807) is 5.32 Å². The number of nitrogens with one attached hydrogen (secondary N) is 1. The Labute approximate surface area is 199 Å². The van der Waals surface area contributed by atoms with Crippen molar-refractivity contribution in [2.45, 2.75) is 38.0 Å². The number of hydrogen-bond acceptors (Lipinski definition) is 6. The van der Waals surface area contributed by atoms with Crippen LogP contribution < -0.4 is 15.6 Å². The molecule has 0 aliphatic heterocycles. The molecule has 2 N–H and O–H groups in total. The fourth-order valence-electron chi connectivity index (χ4n) is 3.15. The number of benzene rings is 1. The van der Waals surface area contributed by atoms with Crippen LogP contribution in [-0.2, 0) is 0 Å². The molecule has 2 aromatic heterocycles. The second-order valence-corrected chi connectivity index (χ2v) is 8.05. The van der Waals surface area contributed by atoms with E-state index in [4.69, 9.17) is 0 Å². The van der Waals surface area contributed by atoms with E-state index < -0.39 is 47.0 Å². The molecular formula is C22H18F6N4O4. The van der Waals surface area contributed by atoms with Crippen LogP contribution >= 0.6 is 0 Å². The summed E-state index contributed by atoms with van der Waals surface area (Å²) in [4.78, 5) is 29.7. The van der Waals surface area contributed by atoms with Gasteiger partial charge in [-0.25, -0.2) is 0 Å². The van der Waals surface area contributed by atoms with Gasteiger partial charge in [-0.1, -0.05) is 0 Å². The third-order valence-corrected chi connectivity index (χ3v) is 4.74. The lowest BCUT2D eigenvalue weighted by Crippen LogP contribution is -2.58. The van der Waals surface area contributed by atoms with Crippen LogP contribution in [0.15, 0.2) is 59.7 Å². The van der Waals surface area contributed by atoms with Gasteiger partial charge in [0.1, 0.15) is 11.3 Å². The molecule has 0 spiro atoms. The molecule has 3 rings (SSSR count). The standard InChI is InChI=1S/C22H18F6N4O4/c1-20(2,35)19(21(23,24)25)30-17(33)15-10-16(12-5-7-14(8-6-12)36-22(26,27)28)31-32(18(15)34)13-4-3-9-29-11-13/h3-11,19,35H,1-2H3,(H,30,33)/t19-/m1/s1. The van der Waals surface area contributed by atoms with Crippen molar-refractivity contribution in [2.75, 3.05) is 0 Å². The first-order chi connectivity index (χ1) is 16.6. The van der Waals surface area contributed by atoms with Crippen LogP contribution in [0.4, 0.5) is 26.3 Å². The predicted octanol–water partition coefficient (Wildman–Crippen LogP) is 3.62. The van der Waals surface area contributed by atoms with Gasteiger partial charge in [0.05, 0.1) is 23.2 Å². The van der Waals surface area contributed by atoms with Crippen molar-refractivity contribution in [3.05, 3.63) is 70.8 Å². The number of carbonyl (C=O) groups excluding carboxylic acids is 1. The van der Waals surface area contributed by atoms with E-state index in [1.165, 1.54) is 24.5 Å². The first kappa shape index (κ1) is 26.7. The van der Waals surface area contributed by atoms with Crippen LogP contribution in [0.25, 0.3) is 16.9 Å². The van der Waals surface area contributed by atoms with Crippen molar-refractivity contribution in [1.82, 2.24) is 20.1 Å². The Morgan fingerprint density at radius 1 is 1.08 bits per heavy atom. The van der Waals surface area contributed by atoms with Gasteiger partial charge in [0.2, 0.25) is 0 Å². The predicted molar refractivity (Wildman–Crippen MR) is 113 cm³/mol. The first-order valence-corrected chi connectivity index (χ1v) is 10.1. The van der Waals surface area contributed by atoms with Crippen molar-refractivity contribution in [2.24, 2.45) is 0 Å². The fourth-order valence-corrected chi connectivity index (χ4v) is 3.15. The van der Waals surface area contributed by atoms with Gasteiger partial charge in [-0.05, 0) is 56.3 Å². The van der Waals surface area contributed by atoms with Crippen LogP contribution in [0.1, 0.15) is 24.2 Å². The Morgan fingerprint density at radius 2 is 1.72 bits per heavy atom. The summed E-state index contributed by atoms with van der Waals surface area (Å²) in [6, 6.07) is 5.21. The van der Waals surface area contributed by atoms with Gasteiger partial charge in [0.15, 0.2) is 6.04 Å². The summed E-state index contributed by atoms with van der Waals surface area (Å²) in [5.41, 5.74) is -4.25. The zero-order chi connectivity index (χ0) is 26.9. The largest absolute Gasteiger partial charge is 0.573 e. The minimum absolute atomic E-state index is 0.0604. The smallest absolute Gasteiger partial charge is 0.406 e. The highest BCUT2D eigenvalue weighted by Gasteiger charge is 2.49. The average molecular weight is 516 g/mol. The maximum absolute atomic E-state index is 13.5. The monoisotopic (exact) mass is 516 g/mol. The quantitative estimate of drug-likeness (QED) is 0.485. The molecule has 1 aromatic carbocycles. The van der Waals surface area contributed by atoms with Crippen molar-refractivity contribution in [1.29, 1.82) is 0 Å². The topological polar surface area (TPSA) is 106 Å². The summed E-state index contributed by atoms with van der Waals surface area (Å²) in [7, 11) is 0. The number of nitrogens with zero attached hydrogens (tertiary/aromatic N) is 3. The number of aliphatic hydroxyl groups is 1. The maximum atomic E-state index is 13.5. The van der Waals surface area contributed by atoms with Crippen LogP contribution in [0.3, 0.4) is 0 Å². The fraction of sp³-hybridized carbons (Fsp3) is 0.273. The Morgan fingerprint density at radius 3 is 2.22 bits per heavy atom. The number of amides is 1. The molecule has 0 radical (unpaired) electrons. The van der Waals surface area contributed by atoms with E-state index in [1.807, 2.05) is 0 Å². The lowest BCUT2D eigenvalue weighted by Gasteiger charge is -2.31. The highest BCUT2D eigenvalue weighted by Crippen LogP contribution is 2.29. The average Bonchev–Trinajstić information content (AvgIpc) is 2.76. The highest BCUT2D eigenvalue weighted by molar-refractivity contribution is 5.95. The summed E-state index contributed by atoms with van der Waals surface area (Å²) >= 11 is 0. The number of ether oxygens (including phenoxy) is 1. The SMILES string of the molecule is CC(C)(O)[C@@H](NC(=O)c1cc(-c2ccc(OC(F)(F)F)cc2)nn(-c2cccnc2)c1=O)C(F)(F)F. The Bertz CT molecular complexity index is 1270. The van der Waals surface area contributed by atoms with Gasteiger partial charge in [-0.2, -0.15) is 23.0 Å². The highest BCUT2D eigenvalue weighted by atomic mass is 19.4. The number of pyridine rings is 1. The summed E-state index contributed by atoms with van der Waals surface area (Å²) in [6.07, 6.45) is -7.41. The molecule has 0 unspecified atom stereocenters. The summed E-state index contributed by atoms with van der Waals surface area (Å²) in [5.74, 6) is -2.01. The molecule has 1 atom stereocenters. The van der Waals surface area contributed by atoms with E-state index in [9.17, 15) is 41.0 Å². The molecule has 3 aromatic rings. The lowest BCUT2D eigenvalue weighted by atomic mass is 9.98. The van der Waals surface area contributed by atoms with Gasteiger partial charge in [-0.15, -0.1) is 13.2 Å². The number of rotatable bonds is 6. The van der Waals surface area contributed by atoms with Gasteiger partial charge in [0, 0.05) is 11.8 Å². The molecule has 0 aliphatic rings. The van der Waals surface area contributed by atoms with E-state index in [-0.39, 0.29) is 16.9 Å². The zero-order valence-corrected chi connectivity index (χ0v) is 18.6. The molecule has 0 saturated carbocycles. The molecule has 0 aliphatic carbocycles. The van der Waals surface area contributed by atoms with E-state index in [2.05, 4.69) is 14.8 Å². The van der Waals surface area contributed by atoms with E-state index in [0.29, 0.717) is 4.68 Å². The molecule has 1 amide bonds. The van der Waals surface area contributed by atoms with Crippen molar-refractivity contribution in [3.63, 3.8) is 0 Å². The summed E-state index contributed by atoms with van der Waals surface area (Å²) < 4.78 is 82.2. The van der Waals surface area contributed by atoms with Crippen LogP contribution in [0, 0.1) is 0 Å². The first-order valence-electron chi connectivity index (χ1n) is 10.1. The van der Waals surface area contributed by atoms with Crippen molar-refractivity contribution >= 4 is 5.91 Å². The maximum Gasteiger partial charge on any atom is 0.573 e. The minimum Gasteiger partial charge on any atom is -0.406 e. The van der Waals surface area contributed by atoms with Crippen molar-refractivity contribution < 1.29 is 41.0 Å². The second-order valence-electron chi connectivity index (χ2n) is 8.05. The molecule has 0 fully saturated rings. The molecular weight excluding hydrogens is 498 g/mol. The number of alkyl halides is 6. The Kier molecular flexibility index (Phi) is 7.11. The number of halogens is 6. The minimum atomic E-state index is -5.06. The molecule has 2 heterocycles. The third-order valence-electron chi connectivity index (χ3n) is 4.74. The molecule has 36 heavy (non-hydrogen) atoms. The van der Waals surface area contributed by atoms with Crippen LogP contribution in [0.5, 0.6) is 5.75 Å². The molecule has 0 saturated heterocycles. The van der Waals surface area contributed by atoms with Crippen LogP contribution in [-0.4, -0.2) is 50.0 Å². The summed E-state index contributed by atoms with van der Waals surface area (Å²) in [6.45, 7) is 1.67. The second kappa shape index (κ2) is 9.60. The van der Waals surface area contributed by atoms with Crippen molar-refractivity contribution in [3.8, 4) is 22.7 Å². The molecule has 0 bridgehead atoms. The Balaban J connectivity index is 2.12. The molecule has 8 nitrogen and oxygen atoms in total. The third kappa shape index (κ3) is 6.38. The van der Waals surface area contributed by atoms with Gasteiger partial charge in [0.25, 0.3) is 11.5 Å². The summed E-state index contributed by atoms with van der Waals surface area (Å²) in [5, 5.41) is 15.6. The van der Waals surface area contributed by atoms with E-state index >= 15 is 0 Å². The molecule has 192 valence electrons. The van der Waals surface area contributed by atoms with Gasteiger partial charge in [-0.3, -0.25) is 14.6 Å². The normalized spacial score (nSPS) is 13.2. The lowest BCUT2D eigenvalue weighted by molar-refractivity contribution is -0.274.